The van der Waals surface area contributed by atoms with Crippen LogP contribution in [0.3, 0.4) is 0 Å². The maximum atomic E-state index is 11.3. The van der Waals surface area contributed by atoms with Crippen molar-refractivity contribution in [2.45, 2.75) is 12.2 Å². The molecule has 1 atom stereocenters. The maximum Gasteiger partial charge on any atom is 0.320 e. The van der Waals surface area contributed by atoms with Gasteiger partial charge in [0.15, 0.2) is 0 Å². The molecule has 0 spiro atoms. The monoisotopic (exact) mass is 240 g/mol. The van der Waals surface area contributed by atoms with Crippen LogP contribution >= 0.6 is 12.2 Å². The van der Waals surface area contributed by atoms with Crippen LogP contribution in [0.1, 0.15) is 6.92 Å². The van der Waals surface area contributed by atoms with E-state index >= 15 is 0 Å². The number of methoxy groups -OCH3 is 1. The summed E-state index contributed by atoms with van der Waals surface area (Å²) in [7, 11) is -2.52. The molecule has 0 aromatic heterocycles. The molecule has 0 saturated heterocycles. The van der Waals surface area contributed by atoms with Crippen LogP contribution in [0.2, 0.25) is 0 Å². The van der Waals surface area contributed by atoms with Gasteiger partial charge in [0, 0.05) is 0 Å². The highest BCUT2D eigenvalue weighted by atomic mass is 32.2. The van der Waals surface area contributed by atoms with Crippen LogP contribution in [-0.2, 0) is 19.6 Å². The highest BCUT2D eigenvalue weighted by Crippen LogP contribution is 1.97. The van der Waals surface area contributed by atoms with Crippen LogP contribution < -0.4 is 10.5 Å². The molecule has 0 aromatic rings. The van der Waals surface area contributed by atoms with Gasteiger partial charge in [-0.05, 0) is 6.92 Å². The first-order valence-electron chi connectivity index (χ1n) is 3.66. The average Bonchev–Trinajstić information content (AvgIpc) is 2.12. The molecule has 0 saturated carbocycles. The van der Waals surface area contributed by atoms with Gasteiger partial charge in [-0.25, -0.2) is 13.1 Å². The number of carbonyl (C=O) groups is 1. The number of thiocarbonyl (C=S) groups is 1. The summed E-state index contributed by atoms with van der Waals surface area (Å²) in [5, 5.41) is -1.01. The first-order valence-corrected chi connectivity index (χ1v) is 5.61. The molecule has 82 valence electrons. The number of hydrogen-bond acceptors (Lipinski definition) is 5. The van der Waals surface area contributed by atoms with E-state index in [9.17, 15) is 13.2 Å². The number of rotatable bonds is 5. The Bertz CT molecular complexity index is 325. The third-order valence-electron chi connectivity index (χ3n) is 1.51. The Morgan fingerprint density at radius 3 is 2.50 bits per heavy atom. The zero-order valence-corrected chi connectivity index (χ0v) is 9.44. The predicted octanol–water partition coefficient (Wildman–Crippen LogP) is -1.25. The largest absolute Gasteiger partial charge is 0.468 e. The standard InChI is InChI=1S/C6H12N2O4S2/c1-4(6(7)13)14(10,11)8-3-5(9)12-2/h4,8H,3H2,1-2H3,(H2,7,13). The molecule has 0 aliphatic rings. The molecule has 6 nitrogen and oxygen atoms in total. The number of carbonyl (C=O) groups excluding carboxylic acids is 1. The van der Waals surface area contributed by atoms with E-state index in [1.165, 1.54) is 6.92 Å². The summed E-state index contributed by atoms with van der Waals surface area (Å²) < 4.78 is 28.9. The van der Waals surface area contributed by atoms with Crippen molar-refractivity contribution in [3.8, 4) is 0 Å². The third kappa shape index (κ3) is 3.99. The van der Waals surface area contributed by atoms with E-state index in [0.29, 0.717) is 0 Å². The summed E-state index contributed by atoms with van der Waals surface area (Å²) in [5.41, 5.74) is 5.16. The fourth-order valence-corrected chi connectivity index (χ4v) is 1.76. The Labute approximate surface area is 87.8 Å². The molecule has 0 aromatic carbocycles. The topological polar surface area (TPSA) is 98.5 Å². The summed E-state index contributed by atoms with van der Waals surface area (Å²) in [4.78, 5) is 10.5. The van der Waals surface area contributed by atoms with Crippen molar-refractivity contribution in [2.24, 2.45) is 5.73 Å². The van der Waals surface area contributed by atoms with Crippen molar-refractivity contribution in [2.75, 3.05) is 13.7 Å². The molecular formula is C6H12N2O4S2. The number of sulfonamides is 1. The van der Waals surface area contributed by atoms with E-state index in [1.807, 2.05) is 4.72 Å². The fraction of sp³-hybridized carbons (Fsp3) is 0.667. The number of ether oxygens (including phenoxy) is 1. The van der Waals surface area contributed by atoms with Gasteiger partial charge in [0.25, 0.3) is 0 Å². The summed E-state index contributed by atoms with van der Waals surface area (Å²) in [6, 6.07) is 0. The van der Waals surface area contributed by atoms with E-state index < -0.39 is 27.8 Å². The van der Waals surface area contributed by atoms with Gasteiger partial charge in [-0.1, -0.05) is 12.2 Å². The lowest BCUT2D eigenvalue weighted by atomic mass is 10.5. The minimum absolute atomic E-state index is 0.151. The van der Waals surface area contributed by atoms with Crippen LogP contribution in [0, 0.1) is 0 Å². The highest BCUT2D eigenvalue weighted by molar-refractivity contribution is 7.93. The van der Waals surface area contributed by atoms with Gasteiger partial charge in [0.05, 0.1) is 12.1 Å². The molecule has 0 aliphatic heterocycles. The summed E-state index contributed by atoms with van der Waals surface area (Å²) in [5.74, 6) is -0.677. The summed E-state index contributed by atoms with van der Waals surface area (Å²) in [6.45, 7) is 0.910. The van der Waals surface area contributed by atoms with Crippen molar-refractivity contribution >= 4 is 33.2 Å². The molecule has 8 heteroatoms. The van der Waals surface area contributed by atoms with Crippen LogP contribution in [0.4, 0.5) is 0 Å². The van der Waals surface area contributed by atoms with Gasteiger partial charge < -0.3 is 10.5 Å². The van der Waals surface area contributed by atoms with Gasteiger partial charge in [0.1, 0.15) is 11.8 Å². The van der Waals surface area contributed by atoms with Gasteiger partial charge in [0.2, 0.25) is 10.0 Å². The molecule has 3 N–H and O–H groups in total. The van der Waals surface area contributed by atoms with Crippen molar-refractivity contribution in [1.82, 2.24) is 4.72 Å². The zero-order chi connectivity index (χ0) is 11.4. The molecule has 0 amide bonds. The zero-order valence-electron chi connectivity index (χ0n) is 7.81. The lowest BCUT2D eigenvalue weighted by molar-refractivity contribution is -0.139. The number of nitrogens with one attached hydrogen (secondary N) is 1. The minimum atomic E-state index is -3.68. The summed E-state index contributed by atoms with van der Waals surface area (Å²) >= 11 is 4.52. The number of hydrogen-bond donors (Lipinski definition) is 2. The van der Waals surface area contributed by atoms with Gasteiger partial charge in [-0.2, -0.15) is 0 Å². The van der Waals surface area contributed by atoms with E-state index in [-0.39, 0.29) is 4.99 Å². The van der Waals surface area contributed by atoms with Crippen molar-refractivity contribution in [3.63, 3.8) is 0 Å². The molecule has 0 rings (SSSR count). The smallest absolute Gasteiger partial charge is 0.320 e. The Kier molecular flexibility index (Phi) is 4.95. The summed E-state index contributed by atoms with van der Waals surface area (Å²) in [6.07, 6.45) is 0. The number of esters is 1. The van der Waals surface area contributed by atoms with E-state index in [0.717, 1.165) is 7.11 Å². The van der Waals surface area contributed by atoms with E-state index in [2.05, 4.69) is 17.0 Å². The minimum Gasteiger partial charge on any atom is -0.468 e. The second-order valence-electron chi connectivity index (χ2n) is 2.49. The molecule has 0 radical (unpaired) electrons. The molecule has 1 unspecified atom stereocenters. The maximum absolute atomic E-state index is 11.3. The van der Waals surface area contributed by atoms with Crippen LogP contribution in [0.25, 0.3) is 0 Å². The Balaban J connectivity index is 4.36. The SMILES string of the molecule is COC(=O)CNS(=O)(=O)C(C)C(N)=S. The lowest BCUT2D eigenvalue weighted by Crippen LogP contribution is -2.42. The van der Waals surface area contributed by atoms with E-state index in [4.69, 9.17) is 5.73 Å². The van der Waals surface area contributed by atoms with Crippen molar-refractivity contribution in [1.29, 1.82) is 0 Å². The normalized spacial score (nSPS) is 13.3. The molecule has 14 heavy (non-hydrogen) atoms. The van der Waals surface area contributed by atoms with Gasteiger partial charge in [-0.15, -0.1) is 0 Å². The second-order valence-corrected chi connectivity index (χ2v) is 5.04. The first-order chi connectivity index (χ1) is 6.31. The highest BCUT2D eigenvalue weighted by Gasteiger charge is 2.23. The third-order valence-corrected chi connectivity index (χ3v) is 3.75. The molecule has 0 aliphatic carbocycles. The molecular weight excluding hydrogens is 228 g/mol. The lowest BCUT2D eigenvalue weighted by Gasteiger charge is -2.11. The second kappa shape index (κ2) is 5.23. The van der Waals surface area contributed by atoms with Crippen LogP contribution in [-0.4, -0.2) is 38.3 Å². The molecule has 0 fully saturated rings. The molecule has 0 heterocycles. The fourth-order valence-electron chi connectivity index (χ4n) is 0.510. The average molecular weight is 240 g/mol. The Hall–Kier alpha value is -0.730. The Morgan fingerprint density at radius 2 is 2.14 bits per heavy atom. The van der Waals surface area contributed by atoms with Gasteiger partial charge in [-0.3, -0.25) is 4.79 Å². The molecule has 0 bridgehead atoms. The van der Waals surface area contributed by atoms with Crippen molar-refractivity contribution in [3.05, 3.63) is 0 Å². The van der Waals surface area contributed by atoms with Gasteiger partial charge >= 0.3 is 5.97 Å². The Morgan fingerprint density at radius 1 is 1.64 bits per heavy atom. The predicted molar refractivity (Wildman–Crippen MR) is 55.2 cm³/mol. The van der Waals surface area contributed by atoms with Crippen LogP contribution in [0.15, 0.2) is 0 Å². The number of nitrogens with two attached hydrogens (primary N) is 1. The van der Waals surface area contributed by atoms with Crippen LogP contribution in [0.5, 0.6) is 0 Å². The van der Waals surface area contributed by atoms with E-state index in [1.54, 1.807) is 0 Å². The first kappa shape index (κ1) is 13.3. The van der Waals surface area contributed by atoms with Crippen molar-refractivity contribution < 1.29 is 17.9 Å². The quantitative estimate of drug-likeness (QED) is 0.460.